The van der Waals surface area contributed by atoms with Gasteiger partial charge in [0, 0.05) is 0 Å². The number of hydrogen-bond acceptors (Lipinski definition) is 3. The van der Waals surface area contributed by atoms with Crippen molar-refractivity contribution in [3.8, 4) is 5.75 Å². The molecule has 0 heterocycles. The van der Waals surface area contributed by atoms with E-state index in [1.54, 1.807) is 12.1 Å². The minimum Gasteiger partial charge on any atom is -0.494 e. The lowest BCUT2D eigenvalue weighted by molar-refractivity contribution is 0.0338. The molecule has 34 heavy (non-hydrogen) atoms. The monoisotopic (exact) mass is 466 g/mol. The maximum atomic E-state index is 12.6. The summed E-state index contributed by atoms with van der Waals surface area (Å²) in [4.78, 5) is 12.6. The van der Waals surface area contributed by atoms with Gasteiger partial charge in [-0.3, -0.25) is 0 Å². The van der Waals surface area contributed by atoms with Gasteiger partial charge in [0.15, 0.2) is 0 Å². The van der Waals surface area contributed by atoms with Crippen LogP contribution in [0.15, 0.2) is 48.5 Å². The number of aryl methyl sites for hydroxylation is 1. The van der Waals surface area contributed by atoms with Crippen molar-refractivity contribution in [3.63, 3.8) is 0 Å². The third kappa shape index (κ3) is 11.2. The summed E-state index contributed by atoms with van der Waals surface area (Å²) >= 11 is 0. The van der Waals surface area contributed by atoms with Crippen molar-refractivity contribution in [2.45, 2.75) is 110 Å². The molecule has 3 nitrogen and oxygen atoms in total. The second kappa shape index (κ2) is 17.2. The van der Waals surface area contributed by atoms with Gasteiger partial charge in [-0.05, 0) is 61.6 Å². The Balaban J connectivity index is 1.70. The van der Waals surface area contributed by atoms with Gasteiger partial charge >= 0.3 is 5.97 Å². The van der Waals surface area contributed by atoms with Gasteiger partial charge in [-0.25, -0.2) is 4.79 Å². The first kappa shape index (κ1) is 28.0. The van der Waals surface area contributed by atoms with E-state index in [-0.39, 0.29) is 12.1 Å². The fourth-order valence-corrected chi connectivity index (χ4v) is 4.12. The molecule has 0 N–H and O–H groups in total. The first-order chi connectivity index (χ1) is 16.6. The van der Waals surface area contributed by atoms with Gasteiger partial charge in [-0.15, -0.1) is 0 Å². The van der Waals surface area contributed by atoms with E-state index in [0.29, 0.717) is 5.56 Å². The lowest BCUT2D eigenvalue weighted by atomic mass is 10.0. The molecule has 0 bridgehead atoms. The largest absolute Gasteiger partial charge is 0.494 e. The maximum Gasteiger partial charge on any atom is 0.338 e. The number of rotatable bonds is 18. The zero-order valence-electron chi connectivity index (χ0n) is 21.8. The van der Waals surface area contributed by atoms with Crippen LogP contribution >= 0.6 is 0 Å². The highest BCUT2D eigenvalue weighted by molar-refractivity contribution is 5.89. The molecule has 2 rings (SSSR count). The van der Waals surface area contributed by atoms with E-state index in [1.165, 1.54) is 76.2 Å². The van der Waals surface area contributed by atoms with E-state index >= 15 is 0 Å². The van der Waals surface area contributed by atoms with Crippen molar-refractivity contribution in [1.29, 1.82) is 0 Å². The van der Waals surface area contributed by atoms with Gasteiger partial charge in [0.05, 0.1) is 12.2 Å². The van der Waals surface area contributed by atoms with Crippen LogP contribution < -0.4 is 4.74 Å². The Morgan fingerprint density at radius 2 is 1.26 bits per heavy atom. The first-order valence-corrected chi connectivity index (χ1v) is 13.7. The van der Waals surface area contributed by atoms with E-state index in [0.717, 1.165) is 30.8 Å². The molecular formula is C31H46O3. The molecule has 0 saturated heterocycles. The van der Waals surface area contributed by atoms with Crippen LogP contribution in [-0.4, -0.2) is 12.6 Å². The Morgan fingerprint density at radius 3 is 1.88 bits per heavy atom. The molecule has 0 radical (unpaired) electrons. The molecule has 3 heteroatoms. The van der Waals surface area contributed by atoms with Gasteiger partial charge in [-0.1, -0.05) is 102 Å². The van der Waals surface area contributed by atoms with Crippen LogP contribution in [0.5, 0.6) is 5.75 Å². The molecular weight excluding hydrogens is 420 g/mol. The smallest absolute Gasteiger partial charge is 0.338 e. The summed E-state index contributed by atoms with van der Waals surface area (Å²) in [5, 5.41) is 0. The van der Waals surface area contributed by atoms with Crippen molar-refractivity contribution >= 4 is 5.97 Å². The van der Waals surface area contributed by atoms with E-state index < -0.39 is 0 Å². The summed E-state index contributed by atoms with van der Waals surface area (Å²) in [6, 6.07) is 15.8. The fraction of sp³-hybridized carbons (Fsp3) is 0.581. The zero-order valence-corrected chi connectivity index (χ0v) is 21.8. The highest BCUT2D eigenvalue weighted by atomic mass is 16.5. The Bertz CT molecular complexity index is 779. The van der Waals surface area contributed by atoms with Crippen molar-refractivity contribution in [2.24, 2.45) is 0 Å². The Labute approximate surface area is 208 Å². The molecule has 0 aliphatic heterocycles. The second-order valence-corrected chi connectivity index (χ2v) is 9.45. The van der Waals surface area contributed by atoms with Crippen molar-refractivity contribution in [3.05, 3.63) is 65.2 Å². The predicted octanol–water partition coefficient (Wildman–Crippen LogP) is 9.25. The van der Waals surface area contributed by atoms with Crippen LogP contribution in [0.2, 0.25) is 0 Å². The van der Waals surface area contributed by atoms with E-state index in [4.69, 9.17) is 9.47 Å². The summed E-state index contributed by atoms with van der Waals surface area (Å²) in [6.45, 7) is 7.14. The van der Waals surface area contributed by atoms with Crippen molar-refractivity contribution < 1.29 is 14.3 Å². The molecule has 188 valence electrons. The molecule has 1 atom stereocenters. The maximum absolute atomic E-state index is 12.6. The molecule has 2 aromatic carbocycles. The average molecular weight is 467 g/mol. The van der Waals surface area contributed by atoms with Crippen LogP contribution in [0.1, 0.15) is 125 Å². The quantitative estimate of drug-likeness (QED) is 0.162. The van der Waals surface area contributed by atoms with E-state index in [2.05, 4.69) is 38.1 Å². The third-order valence-corrected chi connectivity index (χ3v) is 6.41. The zero-order chi connectivity index (χ0) is 24.4. The van der Waals surface area contributed by atoms with Gasteiger partial charge in [0.25, 0.3) is 0 Å². The minimum atomic E-state index is -0.300. The number of esters is 1. The van der Waals surface area contributed by atoms with E-state index in [1.807, 2.05) is 19.1 Å². The molecule has 1 unspecified atom stereocenters. The molecule has 0 spiro atoms. The Morgan fingerprint density at radius 1 is 0.706 bits per heavy atom. The Kier molecular flexibility index (Phi) is 14.1. The molecule has 0 amide bonds. The van der Waals surface area contributed by atoms with Gasteiger partial charge in [0.1, 0.15) is 11.9 Å². The summed E-state index contributed by atoms with van der Waals surface area (Å²) in [6.07, 6.45) is 16.2. The predicted molar refractivity (Wildman–Crippen MR) is 143 cm³/mol. The Hall–Kier alpha value is -2.29. The van der Waals surface area contributed by atoms with Gasteiger partial charge < -0.3 is 9.47 Å². The van der Waals surface area contributed by atoms with Crippen LogP contribution in [0, 0.1) is 0 Å². The number of hydrogen-bond donors (Lipinski definition) is 0. The lowest BCUT2D eigenvalue weighted by Crippen LogP contribution is -2.09. The first-order valence-electron chi connectivity index (χ1n) is 13.7. The lowest BCUT2D eigenvalue weighted by Gasteiger charge is -2.14. The topological polar surface area (TPSA) is 35.5 Å². The van der Waals surface area contributed by atoms with Crippen LogP contribution in [0.3, 0.4) is 0 Å². The van der Waals surface area contributed by atoms with Crippen molar-refractivity contribution in [2.75, 3.05) is 6.61 Å². The van der Waals surface area contributed by atoms with Gasteiger partial charge in [-0.2, -0.15) is 0 Å². The normalized spacial score (nSPS) is 11.9. The van der Waals surface area contributed by atoms with Gasteiger partial charge in [0.2, 0.25) is 0 Å². The van der Waals surface area contributed by atoms with Crippen LogP contribution in [0.25, 0.3) is 0 Å². The van der Waals surface area contributed by atoms with Crippen LogP contribution in [-0.2, 0) is 11.2 Å². The average Bonchev–Trinajstić information content (AvgIpc) is 2.86. The number of carbonyl (C=O) groups is 1. The highest BCUT2D eigenvalue weighted by Gasteiger charge is 2.14. The third-order valence-electron chi connectivity index (χ3n) is 6.41. The summed E-state index contributed by atoms with van der Waals surface area (Å²) in [5.74, 6) is 0.505. The van der Waals surface area contributed by atoms with Crippen molar-refractivity contribution in [1.82, 2.24) is 0 Å². The number of ether oxygens (including phenoxy) is 2. The van der Waals surface area contributed by atoms with Crippen LogP contribution in [0.4, 0.5) is 0 Å². The molecule has 0 fully saturated rings. The summed E-state index contributed by atoms with van der Waals surface area (Å²) in [5.41, 5.74) is 2.94. The minimum absolute atomic E-state index is 0.278. The molecule has 2 aromatic rings. The fourth-order valence-electron chi connectivity index (χ4n) is 4.12. The molecule has 0 aliphatic carbocycles. The number of unbranched alkanes of at least 4 members (excludes halogenated alkanes) is 10. The molecule has 0 saturated carbocycles. The standard InChI is InChI=1S/C31H46O3/c1-4-6-8-10-12-14-16-27-17-19-28(20-18-27)26(3)34-31(32)29-21-23-30(24-22-29)33-25-15-13-11-9-7-5-2/h17-24,26H,4-16,25H2,1-3H3. The summed E-state index contributed by atoms with van der Waals surface area (Å²) in [7, 11) is 0. The number of carbonyl (C=O) groups excluding carboxylic acids is 1. The molecule has 0 aromatic heterocycles. The highest BCUT2D eigenvalue weighted by Crippen LogP contribution is 2.21. The SMILES string of the molecule is CCCCCCCCOc1ccc(C(=O)OC(C)c2ccc(CCCCCCCC)cc2)cc1. The molecule has 0 aliphatic rings. The summed E-state index contributed by atoms with van der Waals surface area (Å²) < 4.78 is 11.5. The second-order valence-electron chi connectivity index (χ2n) is 9.45. The van der Waals surface area contributed by atoms with E-state index in [9.17, 15) is 4.79 Å². The number of benzene rings is 2.